The van der Waals surface area contributed by atoms with Gasteiger partial charge in [0, 0.05) is 23.7 Å². The molecule has 2 N–H and O–H groups in total. The standard InChI is InChI=1S/C21H17ClN6O3S/c1-2-30-16-9-17(32-19(16)20-27-21(29)31-28-20)15-8-18(26-11-25-15)24-6-5-12-3-4-14(22)7-13(12)10-23/h3-4,7-9,11H,2,5-6H2,1H3,(H,24,25,26)(H,27,28,29). The Balaban J connectivity index is 1.52. The lowest BCUT2D eigenvalue weighted by atomic mass is 10.1. The van der Waals surface area contributed by atoms with Crippen LogP contribution in [0.4, 0.5) is 5.82 Å². The van der Waals surface area contributed by atoms with Crippen LogP contribution < -0.4 is 15.8 Å². The van der Waals surface area contributed by atoms with Crippen molar-refractivity contribution < 1.29 is 9.26 Å². The third-order valence-electron chi connectivity index (χ3n) is 4.47. The van der Waals surface area contributed by atoms with Gasteiger partial charge in [-0.15, -0.1) is 11.3 Å². The van der Waals surface area contributed by atoms with Crippen molar-refractivity contribution in [1.82, 2.24) is 20.1 Å². The van der Waals surface area contributed by atoms with Crippen LogP contribution in [0.5, 0.6) is 5.75 Å². The quantitative estimate of drug-likeness (QED) is 0.395. The number of ether oxygens (including phenoxy) is 1. The first-order chi connectivity index (χ1) is 15.6. The molecule has 0 aliphatic carbocycles. The molecule has 9 nitrogen and oxygen atoms in total. The zero-order valence-electron chi connectivity index (χ0n) is 16.9. The molecule has 3 heterocycles. The Morgan fingerprint density at radius 3 is 2.94 bits per heavy atom. The summed E-state index contributed by atoms with van der Waals surface area (Å²) in [6, 6.07) is 11.1. The van der Waals surface area contributed by atoms with Crippen LogP contribution in [0.1, 0.15) is 18.1 Å². The van der Waals surface area contributed by atoms with E-state index in [1.165, 1.54) is 17.7 Å². The summed E-state index contributed by atoms with van der Waals surface area (Å²) in [6.07, 6.45) is 2.11. The van der Waals surface area contributed by atoms with E-state index in [9.17, 15) is 10.1 Å². The number of aromatic nitrogens is 4. The van der Waals surface area contributed by atoms with Gasteiger partial charge in [-0.05, 0) is 31.0 Å². The van der Waals surface area contributed by atoms with Crippen LogP contribution in [0.25, 0.3) is 21.3 Å². The molecule has 4 rings (SSSR count). The number of H-pyrrole nitrogens is 1. The Labute approximate surface area is 191 Å². The molecule has 0 radical (unpaired) electrons. The number of aromatic amines is 1. The van der Waals surface area contributed by atoms with Crippen molar-refractivity contribution in [2.75, 3.05) is 18.5 Å². The predicted molar refractivity (Wildman–Crippen MR) is 121 cm³/mol. The fourth-order valence-corrected chi connectivity index (χ4v) is 4.22. The van der Waals surface area contributed by atoms with E-state index in [0.29, 0.717) is 58.1 Å². The van der Waals surface area contributed by atoms with Crippen molar-refractivity contribution in [3.05, 3.63) is 63.4 Å². The molecule has 0 saturated carbocycles. The maximum Gasteiger partial charge on any atom is 0.439 e. The third-order valence-corrected chi connectivity index (χ3v) is 5.85. The second-order valence-electron chi connectivity index (χ2n) is 6.56. The number of hydrogen-bond donors (Lipinski definition) is 2. The lowest BCUT2D eigenvalue weighted by molar-refractivity contribution is 0.342. The van der Waals surface area contributed by atoms with Crippen molar-refractivity contribution in [2.24, 2.45) is 0 Å². The highest BCUT2D eigenvalue weighted by Gasteiger charge is 2.18. The second kappa shape index (κ2) is 9.64. The molecule has 0 aliphatic heterocycles. The summed E-state index contributed by atoms with van der Waals surface area (Å²) in [5.74, 6) is 0.895. The van der Waals surface area contributed by atoms with Gasteiger partial charge >= 0.3 is 5.76 Å². The Morgan fingerprint density at radius 1 is 1.31 bits per heavy atom. The average molecular weight is 469 g/mol. The third kappa shape index (κ3) is 4.80. The summed E-state index contributed by atoms with van der Waals surface area (Å²) in [4.78, 5) is 24.0. The van der Waals surface area contributed by atoms with Crippen LogP contribution in [0, 0.1) is 11.3 Å². The lowest BCUT2D eigenvalue weighted by Crippen LogP contribution is -2.07. The zero-order valence-corrected chi connectivity index (χ0v) is 18.5. The highest BCUT2D eigenvalue weighted by atomic mass is 35.5. The van der Waals surface area contributed by atoms with Gasteiger partial charge < -0.3 is 10.1 Å². The monoisotopic (exact) mass is 468 g/mol. The molecule has 0 amide bonds. The zero-order chi connectivity index (χ0) is 22.5. The van der Waals surface area contributed by atoms with Crippen molar-refractivity contribution in [3.8, 4) is 33.1 Å². The van der Waals surface area contributed by atoms with Crippen molar-refractivity contribution in [3.63, 3.8) is 0 Å². The van der Waals surface area contributed by atoms with Gasteiger partial charge in [0.1, 0.15) is 22.8 Å². The van der Waals surface area contributed by atoms with Crippen molar-refractivity contribution in [1.29, 1.82) is 5.26 Å². The SMILES string of the molecule is CCOc1cc(-c2cc(NCCc3ccc(Cl)cc3C#N)ncn2)sc1-c1noc(=O)[nH]1. The summed E-state index contributed by atoms with van der Waals surface area (Å²) in [5.41, 5.74) is 2.16. The Hall–Kier alpha value is -3.68. The van der Waals surface area contributed by atoms with E-state index >= 15 is 0 Å². The predicted octanol–water partition coefficient (Wildman–Crippen LogP) is 4.13. The molecular weight excluding hydrogens is 452 g/mol. The molecule has 0 spiro atoms. The summed E-state index contributed by atoms with van der Waals surface area (Å²) < 4.78 is 10.3. The summed E-state index contributed by atoms with van der Waals surface area (Å²) >= 11 is 7.33. The molecule has 0 aliphatic rings. The smallest absolute Gasteiger partial charge is 0.439 e. The van der Waals surface area contributed by atoms with Gasteiger partial charge in [0.25, 0.3) is 0 Å². The molecule has 0 atom stereocenters. The van der Waals surface area contributed by atoms with Crippen LogP contribution in [-0.4, -0.2) is 33.3 Å². The van der Waals surface area contributed by atoms with Crippen LogP contribution in [-0.2, 0) is 6.42 Å². The number of hydrogen-bond acceptors (Lipinski definition) is 9. The van der Waals surface area contributed by atoms with Crippen LogP contribution in [0.15, 0.2) is 46.0 Å². The summed E-state index contributed by atoms with van der Waals surface area (Å²) in [6.45, 7) is 2.90. The first kappa shape index (κ1) is 21.5. The molecule has 3 aromatic heterocycles. The van der Waals surface area contributed by atoms with E-state index in [4.69, 9.17) is 16.3 Å². The molecule has 1 aromatic carbocycles. The summed E-state index contributed by atoms with van der Waals surface area (Å²) in [7, 11) is 0. The number of thiophene rings is 1. The van der Waals surface area contributed by atoms with Crippen molar-refractivity contribution >= 4 is 28.8 Å². The first-order valence-corrected chi connectivity index (χ1v) is 10.8. The molecule has 11 heteroatoms. The molecule has 0 bridgehead atoms. The molecule has 0 saturated heterocycles. The number of anilines is 1. The first-order valence-electron chi connectivity index (χ1n) is 9.65. The number of nitrogens with one attached hydrogen (secondary N) is 2. The Bertz CT molecular complexity index is 1340. The minimum absolute atomic E-state index is 0.304. The molecule has 162 valence electrons. The number of rotatable bonds is 8. The number of nitriles is 1. The second-order valence-corrected chi connectivity index (χ2v) is 8.05. The van der Waals surface area contributed by atoms with E-state index in [2.05, 4.69) is 36.0 Å². The molecule has 0 fully saturated rings. The fraction of sp³-hybridized carbons (Fsp3) is 0.190. The van der Waals surface area contributed by atoms with E-state index in [1.54, 1.807) is 12.1 Å². The van der Waals surface area contributed by atoms with E-state index in [-0.39, 0.29) is 0 Å². The number of halogens is 1. The van der Waals surface area contributed by atoms with Gasteiger partial charge in [0.15, 0.2) is 5.82 Å². The minimum Gasteiger partial charge on any atom is -0.492 e. The highest BCUT2D eigenvalue weighted by molar-refractivity contribution is 7.19. The highest BCUT2D eigenvalue weighted by Crippen LogP contribution is 2.41. The normalized spacial score (nSPS) is 10.7. The largest absolute Gasteiger partial charge is 0.492 e. The number of benzene rings is 1. The topological polar surface area (TPSA) is 130 Å². The summed E-state index contributed by atoms with van der Waals surface area (Å²) in [5, 5.41) is 16.8. The van der Waals surface area contributed by atoms with Crippen LogP contribution in [0.3, 0.4) is 0 Å². The average Bonchev–Trinajstić information content (AvgIpc) is 3.41. The molecule has 4 aromatic rings. The van der Waals surface area contributed by atoms with Gasteiger partial charge in [0.05, 0.1) is 28.8 Å². The Kier molecular flexibility index (Phi) is 6.49. The maximum atomic E-state index is 11.3. The maximum absolute atomic E-state index is 11.3. The van der Waals surface area contributed by atoms with Crippen LogP contribution >= 0.6 is 22.9 Å². The molecule has 0 unspecified atom stereocenters. The van der Waals surface area contributed by atoms with Gasteiger partial charge in [0.2, 0.25) is 0 Å². The number of nitrogens with zero attached hydrogens (tertiary/aromatic N) is 4. The van der Waals surface area contributed by atoms with E-state index in [1.807, 2.05) is 25.1 Å². The van der Waals surface area contributed by atoms with Crippen molar-refractivity contribution in [2.45, 2.75) is 13.3 Å². The van der Waals surface area contributed by atoms with Gasteiger partial charge in [-0.3, -0.25) is 9.51 Å². The molecule has 32 heavy (non-hydrogen) atoms. The van der Waals surface area contributed by atoms with E-state index < -0.39 is 5.76 Å². The van der Waals surface area contributed by atoms with Gasteiger partial charge in [-0.25, -0.2) is 14.8 Å². The minimum atomic E-state index is -0.633. The fourth-order valence-electron chi connectivity index (χ4n) is 3.04. The molecular formula is C21H17ClN6O3S. The van der Waals surface area contributed by atoms with Gasteiger partial charge in [-0.1, -0.05) is 22.8 Å². The lowest BCUT2D eigenvalue weighted by Gasteiger charge is -2.08. The van der Waals surface area contributed by atoms with Gasteiger partial charge in [-0.2, -0.15) is 5.26 Å². The van der Waals surface area contributed by atoms with Crippen LogP contribution in [0.2, 0.25) is 5.02 Å². The Morgan fingerprint density at radius 2 is 2.19 bits per heavy atom. The van der Waals surface area contributed by atoms with E-state index in [0.717, 1.165) is 10.4 Å².